The maximum Gasteiger partial charge on any atom is 0.138 e. The van der Waals surface area contributed by atoms with E-state index in [1.807, 2.05) is 18.2 Å². The van der Waals surface area contributed by atoms with Gasteiger partial charge in [0.05, 0.1) is 17.2 Å². The van der Waals surface area contributed by atoms with Crippen LogP contribution < -0.4 is 4.74 Å². The van der Waals surface area contributed by atoms with Gasteiger partial charge in [-0.05, 0) is 43.4 Å². The van der Waals surface area contributed by atoms with Crippen LogP contribution in [0.3, 0.4) is 0 Å². The van der Waals surface area contributed by atoms with Gasteiger partial charge in [0.2, 0.25) is 0 Å². The van der Waals surface area contributed by atoms with Gasteiger partial charge >= 0.3 is 0 Å². The average molecular weight is 269 g/mol. The minimum atomic E-state index is -0.643. The summed E-state index contributed by atoms with van der Waals surface area (Å²) in [6, 6.07) is 5.56. The SMILES string of the molecule is OC1(c2ccc(OC3CCCOC3)c(Cl)c2)CC1. The zero-order valence-electron chi connectivity index (χ0n) is 10.2. The third kappa shape index (κ3) is 2.48. The first kappa shape index (κ1) is 12.3. The van der Waals surface area contributed by atoms with Gasteiger partial charge in [-0.1, -0.05) is 17.7 Å². The predicted molar refractivity (Wildman–Crippen MR) is 69.1 cm³/mol. The number of benzene rings is 1. The summed E-state index contributed by atoms with van der Waals surface area (Å²) in [7, 11) is 0. The Morgan fingerprint density at radius 3 is 2.83 bits per heavy atom. The topological polar surface area (TPSA) is 38.7 Å². The van der Waals surface area contributed by atoms with Gasteiger partial charge in [0, 0.05) is 6.61 Å². The summed E-state index contributed by atoms with van der Waals surface area (Å²) in [6.45, 7) is 1.45. The van der Waals surface area contributed by atoms with Crippen LogP contribution in [-0.4, -0.2) is 24.4 Å². The highest BCUT2D eigenvalue weighted by Gasteiger charge is 2.42. The third-order valence-electron chi connectivity index (χ3n) is 3.60. The first-order chi connectivity index (χ1) is 8.67. The van der Waals surface area contributed by atoms with E-state index in [9.17, 15) is 5.11 Å². The van der Waals surface area contributed by atoms with E-state index in [2.05, 4.69) is 0 Å². The quantitative estimate of drug-likeness (QED) is 0.916. The number of ether oxygens (including phenoxy) is 2. The van der Waals surface area contributed by atoms with Crippen LogP contribution in [0.15, 0.2) is 18.2 Å². The lowest BCUT2D eigenvalue weighted by Crippen LogP contribution is -2.28. The first-order valence-corrected chi connectivity index (χ1v) is 6.82. The Morgan fingerprint density at radius 2 is 2.22 bits per heavy atom. The van der Waals surface area contributed by atoms with Gasteiger partial charge in [0.15, 0.2) is 0 Å². The second-order valence-corrected chi connectivity index (χ2v) is 5.54. The standard InChI is InChI=1S/C14H17ClO3/c15-12-8-10(14(16)5-6-14)3-4-13(12)18-11-2-1-7-17-9-11/h3-4,8,11,16H,1-2,5-7,9H2. The van der Waals surface area contributed by atoms with E-state index in [0.29, 0.717) is 17.4 Å². The van der Waals surface area contributed by atoms with E-state index in [4.69, 9.17) is 21.1 Å². The van der Waals surface area contributed by atoms with Crippen LogP contribution >= 0.6 is 11.6 Å². The zero-order chi connectivity index (χ0) is 12.6. The van der Waals surface area contributed by atoms with Gasteiger partial charge < -0.3 is 14.6 Å². The molecule has 1 aliphatic carbocycles. The molecule has 18 heavy (non-hydrogen) atoms. The molecule has 1 saturated heterocycles. The van der Waals surface area contributed by atoms with Crippen LogP contribution in [0.4, 0.5) is 0 Å². The van der Waals surface area contributed by atoms with Gasteiger partial charge in [-0.2, -0.15) is 0 Å². The van der Waals surface area contributed by atoms with E-state index >= 15 is 0 Å². The van der Waals surface area contributed by atoms with E-state index < -0.39 is 5.60 Å². The molecule has 4 heteroatoms. The highest BCUT2D eigenvalue weighted by atomic mass is 35.5. The maximum absolute atomic E-state index is 10.0. The summed E-state index contributed by atoms with van der Waals surface area (Å²) in [5, 5.41) is 10.6. The van der Waals surface area contributed by atoms with E-state index in [1.54, 1.807) is 0 Å². The van der Waals surface area contributed by atoms with Crippen molar-refractivity contribution in [2.45, 2.75) is 37.4 Å². The third-order valence-corrected chi connectivity index (χ3v) is 3.90. The van der Waals surface area contributed by atoms with Crippen molar-refractivity contribution < 1.29 is 14.6 Å². The molecule has 1 aromatic rings. The smallest absolute Gasteiger partial charge is 0.138 e. The van der Waals surface area contributed by atoms with Crippen molar-refractivity contribution in [1.29, 1.82) is 0 Å². The minimum absolute atomic E-state index is 0.0890. The molecular formula is C14H17ClO3. The molecule has 3 rings (SSSR count). The van der Waals surface area contributed by atoms with Crippen molar-refractivity contribution in [3.63, 3.8) is 0 Å². The Kier molecular flexibility index (Phi) is 3.22. The maximum atomic E-state index is 10.0. The second kappa shape index (κ2) is 4.72. The lowest BCUT2D eigenvalue weighted by atomic mass is 10.1. The van der Waals surface area contributed by atoms with Gasteiger partial charge in [0.25, 0.3) is 0 Å². The second-order valence-electron chi connectivity index (χ2n) is 5.13. The van der Waals surface area contributed by atoms with E-state index in [0.717, 1.165) is 37.9 Å². The van der Waals surface area contributed by atoms with Crippen LogP contribution in [0.25, 0.3) is 0 Å². The molecule has 98 valence electrons. The first-order valence-electron chi connectivity index (χ1n) is 6.44. The molecule has 1 aromatic carbocycles. The fraction of sp³-hybridized carbons (Fsp3) is 0.571. The molecule has 0 radical (unpaired) electrons. The Morgan fingerprint density at radius 1 is 1.39 bits per heavy atom. The molecule has 0 spiro atoms. The molecule has 1 atom stereocenters. The minimum Gasteiger partial charge on any atom is -0.486 e. The van der Waals surface area contributed by atoms with Crippen molar-refractivity contribution in [3.05, 3.63) is 28.8 Å². The monoisotopic (exact) mass is 268 g/mol. The van der Waals surface area contributed by atoms with Gasteiger partial charge in [0.1, 0.15) is 11.9 Å². The highest BCUT2D eigenvalue weighted by Crippen LogP contribution is 2.46. The number of hydrogen-bond donors (Lipinski definition) is 1. The summed E-state index contributed by atoms with van der Waals surface area (Å²) in [4.78, 5) is 0. The zero-order valence-corrected chi connectivity index (χ0v) is 10.9. The Labute approximate surface area is 112 Å². The Balaban J connectivity index is 1.72. The molecule has 3 nitrogen and oxygen atoms in total. The molecular weight excluding hydrogens is 252 g/mol. The predicted octanol–water partition coefficient (Wildman–Crippen LogP) is 2.88. The number of hydrogen-bond acceptors (Lipinski definition) is 3. The van der Waals surface area contributed by atoms with Crippen LogP contribution in [0.5, 0.6) is 5.75 Å². The van der Waals surface area contributed by atoms with Crippen LogP contribution in [0, 0.1) is 0 Å². The molecule has 1 unspecified atom stereocenters. The van der Waals surface area contributed by atoms with E-state index in [-0.39, 0.29) is 6.10 Å². The summed E-state index contributed by atoms with van der Waals surface area (Å²) < 4.78 is 11.2. The molecule has 1 N–H and O–H groups in total. The molecule has 0 amide bonds. The van der Waals surface area contributed by atoms with Crippen molar-refractivity contribution >= 4 is 11.6 Å². The van der Waals surface area contributed by atoms with Crippen LogP contribution in [-0.2, 0) is 10.3 Å². The van der Waals surface area contributed by atoms with Crippen LogP contribution in [0.1, 0.15) is 31.2 Å². The van der Waals surface area contributed by atoms with Gasteiger partial charge in [-0.15, -0.1) is 0 Å². The van der Waals surface area contributed by atoms with Crippen molar-refractivity contribution in [2.24, 2.45) is 0 Å². The molecule has 1 heterocycles. The Hall–Kier alpha value is -0.770. The molecule has 0 aromatic heterocycles. The Bertz CT molecular complexity index is 437. The summed E-state index contributed by atoms with van der Waals surface area (Å²) >= 11 is 6.21. The normalized spacial score (nSPS) is 25.8. The number of halogens is 1. The lowest BCUT2D eigenvalue weighted by molar-refractivity contribution is 0.00744. The molecule has 2 aliphatic rings. The highest BCUT2D eigenvalue weighted by molar-refractivity contribution is 6.32. The van der Waals surface area contributed by atoms with Gasteiger partial charge in [-0.25, -0.2) is 0 Å². The largest absolute Gasteiger partial charge is 0.486 e. The lowest BCUT2D eigenvalue weighted by Gasteiger charge is -2.24. The number of rotatable bonds is 3. The van der Waals surface area contributed by atoms with Crippen LogP contribution in [0.2, 0.25) is 5.02 Å². The molecule has 1 aliphatic heterocycles. The summed E-state index contributed by atoms with van der Waals surface area (Å²) in [5.74, 6) is 0.681. The fourth-order valence-electron chi connectivity index (χ4n) is 2.28. The fourth-order valence-corrected chi connectivity index (χ4v) is 2.50. The van der Waals surface area contributed by atoms with Crippen molar-refractivity contribution in [1.82, 2.24) is 0 Å². The molecule has 0 bridgehead atoms. The van der Waals surface area contributed by atoms with E-state index in [1.165, 1.54) is 0 Å². The van der Waals surface area contributed by atoms with Gasteiger partial charge in [-0.3, -0.25) is 0 Å². The van der Waals surface area contributed by atoms with Crippen molar-refractivity contribution in [2.75, 3.05) is 13.2 Å². The molecule has 1 saturated carbocycles. The summed E-state index contributed by atoms with van der Waals surface area (Å²) in [6.07, 6.45) is 3.76. The summed E-state index contributed by atoms with van der Waals surface area (Å²) in [5.41, 5.74) is 0.246. The average Bonchev–Trinajstić information content (AvgIpc) is 3.12. The van der Waals surface area contributed by atoms with Crippen molar-refractivity contribution in [3.8, 4) is 5.75 Å². The number of aliphatic hydroxyl groups is 1. The molecule has 2 fully saturated rings.